The van der Waals surface area contributed by atoms with Gasteiger partial charge in [-0.05, 0) is 56.3 Å². The number of carbonyl (C=O) groups excluding carboxylic acids is 2. The second kappa shape index (κ2) is 8.78. The minimum Gasteiger partial charge on any atom is -0.497 e. The lowest BCUT2D eigenvalue weighted by Gasteiger charge is -2.17. The van der Waals surface area contributed by atoms with Gasteiger partial charge in [0.25, 0.3) is 5.91 Å². The van der Waals surface area contributed by atoms with Gasteiger partial charge in [-0.25, -0.2) is 0 Å². The van der Waals surface area contributed by atoms with Gasteiger partial charge in [0.15, 0.2) is 0 Å². The normalized spacial score (nSPS) is 12.6. The van der Waals surface area contributed by atoms with E-state index in [1.165, 1.54) is 6.92 Å². The van der Waals surface area contributed by atoms with Crippen molar-refractivity contribution in [1.29, 1.82) is 0 Å². The number of ether oxygens (including phenoxy) is 4. The summed E-state index contributed by atoms with van der Waals surface area (Å²) in [6, 6.07) is 12.5. The average Bonchev–Trinajstić information content (AvgIpc) is 3.13. The van der Waals surface area contributed by atoms with Crippen molar-refractivity contribution in [2.24, 2.45) is 0 Å². The SMILES string of the molecule is CCOc1c2c(c(OCC)c3cc(OC)ccc13)C(=O)N(c1ccc(OC(C)=O)cc1)C2. The molecule has 0 aromatic heterocycles. The number of esters is 1. The van der Waals surface area contributed by atoms with E-state index in [1.54, 1.807) is 36.3 Å². The molecule has 32 heavy (non-hydrogen) atoms. The van der Waals surface area contributed by atoms with Crippen LogP contribution in [-0.2, 0) is 11.3 Å². The van der Waals surface area contributed by atoms with Gasteiger partial charge < -0.3 is 23.8 Å². The molecule has 0 atom stereocenters. The molecule has 3 aromatic rings. The van der Waals surface area contributed by atoms with Crippen molar-refractivity contribution in [1.82, 2.24) is 0 Å². The minimum absolute atomic E-state index is 0.172. The van der Waals surface area contributed by atoms with E-state index >= 15 is 0 Å². The number of methoxy groups -OCH3 is 1. The summed E-state index contributed by atoms with van der Waals surface area (Å²) in [5.74, 6) is 1.74. The number of carbonyl (C=O) groups is 2. The summed E-state index contributed by atoms with van der Waals surface area (Å²) in [6.45, 7) is 6.38. The number of hydrogen-bond acceptors (Lipinski definition) is 6. The second-order valence-corrected chi connectivity index (χ2v) is 7.27. The van der Waals surface area contributed by atoms with E-state index in [2.05, 4.69) is 0 Å². The van der Waals surface area contributed by atoms with Crippen molar-refractivity contribution >= 4 is 28.3 Å². The van der Waals surface area contributed by atoms with Crippen LogP contribution in [0.1, 0.15) is 36.7 Å². The Hall–Kier alpha value is -3.74. The summed E-state index contributed by atoms with van der Waals surface area (Å²) in [7, 11) is 1.60. The molecule has 7 nitrogen and oxygen atoms in total. The first-order valence-corrected chi connectivity index (χ1v) is 10.5. The number of amides is 1. The van der Waals surface area contributed by atoms with E-state index in [0.29, 0.717) is 54.0 Å². The minimum atomic E-state index is -0.396. The van der Waals surface area contributed by atoms with E-state index < -0.39 is 5.97 Å². The van der Waals surface area contributed by atoms with Crippen LogP contribution >= 0.6 is 0 Å². The van der Waals surface area contributed by atoms with Crippen LogP contribution in [0.3, 0.4) is 0 Å². The molecule has 3 aromatic carbocycles. The number of anilines is 1. The standard InChI is InChI=1S/C25H25NO6/c1-5-30-23-19-12-11-18(29-4)13-20(19)24(31-6-2)22-21(23)14-26(25(22)28)16-7-9-17(10-8-16)32-15(3)27/h7-13H,5-6,14H2,1-4H3. The molecule has 0 N–H and O–H groups in total. The lowest BCUT2D eigenvalue weighted by Crippen LogP contribution is -2.23. The van der Waals surface area contributed by atoms with Crippen molar-refractivity contribution < 1.29 is 28.5 Å². The fourth-order valence-corrected chi connectivity index (χ4v) is 4.00. The van der Waals surface area contributed by atoms with E-state index in [9.17, 15) is 9.59 Å². The highest BCUT2D eigenvalue weighted by molar-refractivity contribution is 6.17. The van der Waals surface area contributed by atoms with Gasteiger partial charge in [0, 0.05) is 28.9 Å². The van der Waals surface area contributed by atoms with E-state index in [4.69, 9.17) is 18.9 Å². The fraction of sp³-hybridized carbons (Fsp3) is 0.280. The third-order valence-electron chi connectivity index (χ3n) is 5.28. The van der Waals surface area contributed by atoms with Crippen LogP contribution in [-0.4, -0.2) is 32.2 Å². The van der Waals surface area contributed by atoms with Crippen LogP contribution in [0.25, 0.3) is 10.8 Å². The zero-order valence-electron chi connectivity index (χ0n) is 18.6. The van der Waals surface area contributed by atoms with Crippen LogP contribution in [0.15, 0.2) is 42.5 Å². The van der Waals surface area contributed by atoms with Gasteiger partial charge in [0.05, 0.1) is 32.4 Å². The Morgan fingerprint density at radius 1 is 0.938 bits per heavy atom. The summed E-state index contributed by atoms with van der Waals surface area (Å²) < 4.78 is 22.5. The third-order valence-corrected chi connectivity index (χ3v) is 5.28. The van der Waals surface area contributed by atoms with Gasteiger partial charge in [-0.1, -0.05) is 0 Å². The third kappa shape index (κ3) is 3.70. The zero-order valence-corrected chi connectivity index (χ0v) is 18.6. The molecule has 0 aliphatic carbocycles. The molecule has 1 aliphatic rings. The first-order valence-electron chi connectivity index (χ1n) is 10.5. The van der Waals surface area contributed by atoms with E-state index in [0.717, 1.165) is 16.3 Å². The Bertz CT molecular complexity index is 1190. The molecular formula is C25H25NO6. The number of fused-ring (bicyclic) bond motifs is 2. The Balaban J connectivity index is 1.86. The van der Waals surface area contributed by atoms with E-state index in [1.807, 2.05) is 32.0 Å². The van der Waals surface area contributed by atoms with Gasteiger partial charge in [0.2, 0.25) is 0 Å². The topological polar surface area (TPSA) is 74.3 Å². The number of hydrogen-bond donors (Lipinski definition) is 0. The van der Waals surface area contributed by atoms with Crippen LogP contribution in [0.2, 0.25) is 0 Å². The van der Waals surface area contributed by atoms with Gasteiger partial charge in [-0.3, -0.25) is 9.59 Å². The quantitative estimate of drug-likeness (QED) is 0.395. The van der Waals surface area contributed by atoms with Crippen molar-refractivity contribution in [2.75, 3.05) is 25.2 Å². The maximum absolute atomic E-state index is 13.6. The Labute approximate surface area is 186 Å². The molecule has 0 saturated heterocycles. The van der Waals surface area contributed by atoms with Crippen molar-refractivity contribution in [3.05, 3.63) is 53.6 Å². The molecule has 0 spiro atoms. The highest BCUT2D eigenvalue weighted by Gasteiger charge is 2.36. The van der Waals surface area contributed by atoms with E-state index in [-0.39, 0.29) is 5.91 Å². The smallest absolute Gasteiger partial charge is 0.308 e. The number of nitrogens with zero attached hydrogens (tertiary/aromatic N) is 1. The predicted molar refractivity (Wildman–Crippen MR) is 121 cm³/mol. The highest BCUT2D eigenvalue weighted by Crippen LogP contribution is 2.47. The molecular weight excluding hydrogens is 410 g/mol. The lowest BCUT2D eigenvalue weighted by molar-refractivity contribution is -0.131. The van der Waals surface area contributed by atoms with Crippen LogP contribution in [0.4, 0.5) is 5.69 Å². The van der Waals surface area contributed by atoms with Gasteiger partial charge in [-0.15, -0.1) is 0 Å². The average molecular weight is 435 g/mol. The van der Waals surface area contributed by atoms with Crippen molar-refractivity contribution in [3.8, 4) is 23.0 Å². The van der Waals surface area contributed by atoms with Crippen molar-refractivity contribution in [2.45, 2.75) is 27.3 Å². The molecule has 4 rings (SSSR count). The van der Waals surface area contributed by atoms with Gasteiger partial charge >= 0.3 is 5.97 Å². The number of rotatable bonds is 7. The van der Waals surface area contributed by atoms with Gasteiger partial charge in [0.1, 0.15) is 23.0 Å². The predicted octanol–water partition coefficient (Wildman–Crippen LogP) is 4.73. The first-order chi connectivity index (χ1) is 15.5. The summed E-state index contributed by atoms with van der Waals surface area (Å²) >= 11 is 0. The van der Waals surface area contributed by atoms with Crippen LogP contribution < -0.4 is 23.8 Å². The lowest BCUT2D eigenvalue weighted by atomic mass is 9.99. The maximum atomic E-state index is 13.6. The molecule has 0 fully saturated rings. The molecule has 0 bridgehead atoms. The second-order valence-electron chi connectivity index (χ2n) is 7.27. The fourth-order valence-electron chi connectivity index (χ4n) is 4.00. The van der Waals surface area contributed by atoms with Crippen LogP contribution in [0, 0.1) is 0 Å². The zero-order chi connectivity index (χ0) is 22.8. The molecule has 7 heteroatoms. The molecule has 0 saturated carbocycles. The molecule has 1 heterocycles. The van der Waals surface area contributed by atoms with Gasteiger partial charge in [-0.2, -0.15) is 0 Å². The Morgan fingerprint density at radius 3 is 2.22 bits per heavy atom. The molecule has 1 aliphatic heterocycles. The monoisotopic (exact) mass is 435 g/mol. The summed E-state index contributed by atoms with van der Waals surface area (Å²) in [4.78, 5) is 26.4. The molecule has 0 unspecified atom stereocenters. The number of benzene rings is 3. The first kappa shape index (κ1) is 21.5. The highest BCUT2D eigenvalue weighted by atomic mass is 16.5. The maximum Gasteiger partial charge on any atom is 0.308 e. The summed E-state index contributed by atoms with van der Waals surface area (Å²) in [5, 5.41) is 1.64. The van der Waals surface area contributed by atoms with Crippen LogP contribution in [0.5, 0.6) is 23.0 Å². The Morgan fingerprint density at radius 2 is 1.59 bits per heavy atom. The molecule has 0 radical (unpaired) electrons. The summed E-state index contributed by atoms with van der Waals surface area (Å²) in [5.41, 5.74) is 1.98. The summed E-state index contributed by atoms with van der Waals surface area (Å²) in [6.07, 6.45) is 0. The van der Waals surface area contributed by atoms with Crippen molar-refractivity contribution in [3.63, 3.8) is 0 Å². The largest absolute Gasteiger partial charge is 0.497 e. The molecule has 1 amide bonds. The Kier molecular flexibility index (Phi) is 5.90. The molecule has 166 valence electrons.